The van der Waals surface area contributed by atoms with Crippen molar-refractivity contribution in [2.75, 3.05) is 0 Å². The normalized spacial score (nSPS) is 10.1. The highest BCUT2D eigenvalue weighted by Gasteiger charge is 2.04. The Bertz CT molecular complexity index is 414. The van der Waals surface area contributed by atoms with E-state index in [1.165, 1.54) is 0 Å². The van der Waals surface area contributed by atoms with Crippen molar-refractivity contribution in [1.82, 2.24) is 9.97 Å². The fourth-order valence-corrected chi connectivity index (χ4v) is 1.75. The standard InChI is InChI=1S/C10H8N2S2/c13-9-5-11-3-1-7(9)8-2-4-12-6-10(8)14/h1-6,13-14H. The molecule has 0 saturated heterocycles. The Morgan fingerprint density at radius 1 is 0.786 bits per heavy atom. The summed E-state index contributed by atoms with van der Waals surface area (Å²) in [5.74, 6) is 0. The van der Waals surface area contributed by atoms with Gasteiger partial charge < -0.3 is 0 Å². The van der Waals surface area contributed by atoms with E-state index in [0.717, 1.165) is 20.9 Å². The van der Waals surface area contributed by atoms with Crippen molar-refractivity contribution in [3.05, 3.63) is 36.9 Å². The van der Waals surface area contributed by atoms with Gasteiger partial charge in [-0.05, 0) is 23.3 Å². The first-order valence-corrected chi connectivity index (χ1v) is 4.95. The van der Waals surface area contributed by atoms with Crippen LogP contribution in [-0.4, -0.2) is 9.97 Å². The summed E-state index contributed by atoms with van der Waals surface area (Å²) in [6.45, 7) is 0. The molecule has 0 aromatic carbocycles. The van der Waals surface area contributed by atoms with Crippen LogP contribution in [0.2, 0.25) is 0 Å². The lowest BCUT2D eigenvalue weighted by Crippen LogP contribution is -1.84. The smallest absolute Gasteiger partial charge is 0.0407 e. The second kappa shape index (κ2) is 4.02. The zero-order valence-corrected chi connectivity index (χ0v) is 9.04. The molecular weight excluding hydrogens is 212 g/mol. The van der Waals surface area contributed by atoms with Gasteiger partial charge in [0.25, 0.3) is 0 Å². The molecule has 2 aromatic heterocycles. The molecule has 0 bridgehead atoms. The summed E-state index contributed by atoms with van der Waals surface area (Å²) in [5.41, 5.74) is 2.05. The van der Waals surface area contributed by atoms with Crippen molar-refractivity contribution >= 4 is 25.3 Å². The van der Waals surface area contributed by atoms with Crippen molar-refractivity contribution in [2.45, 2.75) is 9.79 Å². The summed E-state index contributed by atoms with van der Waals surface area (Å²) in [5, 5.41) is 0. The lowest BCUT2D eigenvalue weighted by molar-refractivity contribution is 1.20. The van der Waals surface area contributed by atoms with Gasteiger partial charge in [-0.15, -0.1) is 25.3 Å². The summed E-state index contributed by atoms with van der Waals surface area (Å²) in [7, 11) is 0. The Kier molecular flexibility index (Phi) is 2.74. The topological polar surface area (TPSA) is 25.8 Å². The number of nitrogens with zero attached hydrogens (tertiary/aromatic N) is 2. The van der Waals surface area contributed by atoms with Gasteiger partial charge in [0.05, 0.1) is 0 Å². The minimum Gasteiger partial charge on any atom is -0.264 e. The monoisotopic (exact) mass is 220 g/mol. The van der Waals surface area contributed by atoms with Gasteiger partial charge in [0.2, 0.25) is 0 Å². The Hall–Kier alpha value is -1.00. The molecule has 0 atom stereocenters. The van der Waals surface area contributed by atoms with Crippen LogP contribution in [0.3, 0.4) is 0 Å². The Balaban J connectivity index is 2.61. The van der Waals surface area contributed by atoms with Crippen molar-refractivity contribution in [3.63, 3.8) is 0 Å². The van der Waals surface area contributed by atoms with Gasteiger partial charge in [0.15, 0.2) is 0 Å². The minimum atomic E-state index is 0.842. The van der Waals surface area contributed by atoms with E-state index >= 15 is 0 Å². The molecule has 0 aliphatic carbocycles. The first kappa shape index (κ1) is 9.55. The predicted molar refractivity (Wildman–Crippen MR) is 62.0 cm³/mol. The molecule has 70 valence electrons. The molecule has 0 N–H and O–H groups in total. The summed E-state index contributed by atoms with van der Waals surface area (Å²) in [4.78, 5) is 9.65. The van der Waals surface area contributed by atoms with E-state index in [9.17, 15) is 0 Å². The zero-order valence-electron chi connectivity index (χ0n) is 7.25. The van der Waals surface area contributed by atoms with Crippen molar-refractivity contribution in [2.24, 2.45) is 0 Å². The molecule has 0 fully saturated rings. The highest BCUT2D eigenvalue weighted by molar-refractivity contribution is 7.80. The number of rotatable bonds is 1. The predicted octanol–water partition coefficient (Wildman–Crippen LogP) is 2.72. The van der Waals surface area contributed by atoms with Gasteiger partial charge in [-0.2, -0.15) is 0 Å². The summed E-state index contributed by atoms with van der Waals surface area (Å²) >= 11 is 8.68. The number of aromatic nitrogens is 2. The van der Waals surface area contributed by atoms with E-state index < -0.39 is 0 Å². The number of hydrogen-bond acceptors (Lipinski definition) is 4. The molecule has 0 aliphatic heterocycles. The molecule has 0 saturated carbocycles. The van der Waals surface area contributed by atoms with Crippen LogP contribution in [0.15, 0.2) is 46.7 Å². The van der Waals surface area contributed by atoms with Crippen molar-refractivity contribution < 1.29 is 0 Å². The Morgan fingerprint density at radius 2 is 1.21 bits per heavy atom. The zero-order chi connectivity index (χ0) is 9.97. The third kappa shape index (κ3) is 1.76. The molecule has 2 aromatic rings. The lowest BCUT2D eigenvalue weighted by Gasteiger charge is -2.05. The maximum Gasteiger partial charge on any atom is 0.0407 e. The first-order chi connectivity index (χ1) is 6.79. The summed E-state index contributed by atoms with van der Waals surface area (Å²) in [6, 6.07) is 3.83. The minimum absolute atomic E-state index is 0.842. The van der Waals surface area contributed by atoms with Crippen LogP contribution < -0.4 is 0 Å². The quantitative estimate of drug-likeness (QED) is 0.723. The molecule has 0 aliphatic rings. The number of hydrogen-bond donors (Lipinski definition) is 2. The highest BCUT2D eigenvalue weighted by atomic mass is 32.1. The molecule has 0 spiro atoms. The molecular formula is C10H8N2S2. The van der Waals surface area contributed by atoms with E-state index in [-0.39, 0.29) is 0 Å². The van der Waals surface area contributed by atoms with E-state index in [1.807, 2.05) is 12.1 Å². The van der Waals surface area contributed by atoms with Gasteiger partial charge >= 0.3 is 0 Å². The van der Waals surface area contributed by atoms with Crippen LogP contribution >= 0.6 is 25.3 Å². The van der Waals surface area contributed by atoms with E-state index in [0.29, 0.717) is 0 Å². The van der Waals surface area contributed by atoms with Gasteiger partial charge in [-0.1, -0.05) is 0 Å². The van der Waals surface area contributed by atoms with Crippen LogP contribution in [0.1, 0.15) is 0 Å². The fraction of sp³-hybridized carbons (Fsp3) is 0. The summed E-state index contributed by atoms with van der Waals surface area (Å²) < 4.78 is 0. The van der Waals surface area contributed by atoms with Crippen LogP contribution in [-0.2, 0) is 0 Å². The van der Waals surface area contributed by atoms with Gasteiger partial charge in [0, 0.05) is 34.6 Å². The van der Waals surface area contributed by atoms with Crippen molar-refractivity contribution in [3.8, 4) is 11.1 Å². The second-order valence-corrected chi connectivity index (χ2v) is 3.75. The molecule has 2 rings (SSSR count). The van der Waals surface area contributed by atoms with E-state index in [2.05, 4.69) is 35.2 Å². The van der Waals surface area contributed by atoms with Crippen LogP contribution in [0.5, 0.6) is 0 Å². The molecule has 2 heterocycles. The Labute approximate surface area is 93.2 Å². The van der Waals surface area contributed by atoms with Gasteiger partial charge in [0.1, 0.15) is 0 Å². The third-order valence-electron chi connectivity index (χ3n) is 1.89. The van der Waals surface area contributed by atoms with Crippen LogP contribution in [0.4, 0.5) is 0 Å². The summed E-state index contributed by atoms with van der Waals surface area (Å²) in [6.07, 6.45) is 6.91. The second-order valence-electron chi connectivity index (χ2n) is 2.79. The lowest BCUT2D eigenvalue weighted by atomic mass is 10.1. The van der Waals surface area contributed by atoms with Crippen LogP contribution in [0, 0.1) is 0 Å². The maximum absolute atomic E-state index is 4.34. The average molecular weight is 220 g/mol. The maximum atomic E-state index is 4.34. The SMILES string of the molecule is Sc1cnccc1-c1ccncc1S. The molecule has 0 radical (unpaired) electrons. The first-order valence-electron chi connectivity index (χ1n) is 4.05. The Morgan fingerprint density at radius 3 is 1.57 bits per heavy atom. The number of thiol groups is 2. The fourth-order valence-electron chi connectivity index (χ4n) is 1.23. The van der Waals surface area contributed by atoms with Crippen molar-refractivity contribution in [1.29, 1.82) is 0 Å². The molecule has 4 heteroatoms. The average Bonchev–Trinajstić information content (AvgIpc) is 2.20. The molecule has 2 nitrogen and oxygen atoms in total. The van der Waals surface area contributed by atoms with Gasteiger partial charge in [-0.3, -0.25) is 9.97 Å². The largest absolute Gasteiger partial charge is 0.264 e. The number of pyridine rings is 2. The molecule has 0 unspecified atom stereocenters. The van der Waals surface area contributed by atoms with Gasteiger partial charge in [-0.25, -0.2) is 0 Å². The molecule has 0 amide bonds. The molecule has 14 heavy (non-hydrogen) atoms. The third-order valence-corrected chi connectivity index (χ3v) is 2.60. The highest BCUT2D eigenvalue weighted by Crippen LogP contribution is 2.29. The van der Waals surface area contributed by atoms with Crippen LogP contribution in [0.25, 0.3) is 11.1 Å². The van der Waals surface area contributed by atoms with E-state index in [1.54, 1.807) is 24.8 Å². The van der Waals surface area contributed by atoms with E-state index in [4.69, 9.17) is 0 Å².